The van der Waals surface area contributed by atoms with Gasteiger partial charge in [0, 0.05) is 11.4 Å². The molecule has 0 amide bonds. The van der Waals surface area contributed by atoms with Crippen LogP contribution in [0.3, 0.4) is 0 Å². The number of rotatable bonds is 3. The Bertz CT molecular complexity index is 664. The van der Waals surface area contributed by atoms with Crippen LogP contribution in [-0.2, 0) is 5.75 Å². The van der Waals surface area contributed by atoms with Crippen molar-refractivity contribution in [2.75, 3.05) is 5.73 Å². The van der Waals surface area contributed by atoms with Gasteiger partial charge in [0.15, 0.2) is 5.58 Å². The van der Waals surface area contributed by atoms with Crippen molar-refractivity contribution in [2.24, 2.45) is 0 Å². The van der Waals surface area contributed by atoms with Crippen molar-refractivity contribution >= 4 is 28.5 Å². The molecular formula is C14H12N2OS. The number of nitrogens with two attached hydrogens (primary N) is 1. The first-order valence-electron chi connectivity index (χ1n) is 5.64. The maximum Gasteiger partial charge on any atom is 0.257 e. The highest BCUT2D eigenvalue weighted by Gasteiger charge is 2.06. The van der Waals surface area contributed by atoms with Crippen LogP contribution in [0, 0.1) is 0 Å². The molecule has 0 atom stereocenters. The predicted octanol–water partition coefficient (Wildman–Crippen LogP) is 3.70. The molecule has 3 nitrogen and oxygen atoms in total. The topological polar surface area (TPSA) is 52.0 Å². The number of anilines is 1. The van der Waals surface area contributed by atoms with Gasteiger partial charge >= 0.3 is 0 Å². The fourth-order valence-electron chi connectivity index (χ4n) is 1.70. The van der Waals surface area contributed by atoms with Crippen molar-refractivity contribution in [1.29, 1.82) is 0 Å². The van der Waals surface area contributed by atoms with Crippen molar-refractivity contribution in [2.45, 2.75) is 11.0 Å². The molecule has 0 fully saturated rings. The smallest absolute Gasteiger partial charge is 0.257 e. The molecule has 0 saturated heterocycles. The maximum absolute atomic E-state index is 5.71. The maximum atomic E-state index is 5.71. The third-order valence-electron chi connectivity index (χ3n) is 2.60. The van der Waals surface area contributed by atoms with E-state index in [0.29, 0.717) is 10.9 Å². The summed E-state index contributed by atoms with van der Waals surface area (Å²) in [6, 6.07) is 15.7. The second-order valence-corrected chi connectivity index (χ2v) is 4.91. The lowest BCUT2D eigenvalue weighted by molar-refractivity contribution is 0.489. The first-order valence-corrected chi connectivity index (χ1v) is 6.62. The molecular weight excluding hydrogens is 244 g/mol. The molecule has 1 aromatic heterocycles. The zero-order chi connectivity index (χ0) is 12.4. The summed E-state index contributed by atoms with van der Waals surface area (Å²) < 4.78 is 5.64. The molecule has 90 valence electrons. The Labute approximate surface area is 109 Å². The fraction of sp³-hybridized carbons (Fsp3) is 0.0714. The SMILES string of the molecule is Nc1ccc2oc(SCc3ccccc3)nc2c1. The van der Waals surface area contributed by atoms with Gasteiger partial charge in [-0.25, -0.2) is 4.98 Å². The van der Waals surface area contributed by atoms with E-state index in [9.17, 15) is 0 Å². The summed E-state index contributed by atoms with van der Waals surface area (Å²) >= 11 is 1.59. The number of thioether (sulfide) groups is 1. The third-order valence-corrected chi connectivity index (χ3v) is 3.50. The van der Waals surface area contributed by atoms with Crippen molar-refractivity contribution in [3.63, 3.8) is 0 Å². The summed E-state index contributed by atoms with van der Waals surface area (Å²) in [5.41, 5.74) is 9.26. The molecule has 0 aliphatic carbocycles. The van der Waals surface area contributed by atoms with Crippen molar-refractivity contribution in [3.8, 4) is 0 Å². The lowest BCUT2D eigenvalue weighted by atomic mass is 10.2. The van der Waals surface area contributed by atoms with Gasteiger partial charge in [-0.1, -0.05) is 42.1 Å². The lowest BCUT2D eigenvalue weighted by Crippen LogP contribution is -1.82. The van der Waals surface area contributed by atoms with E-state index >= 15 is 0 Å². The Kier molecular flexibility index (Phi) is 2.94. The van der Waals surface area contributed by atoms with Crippen LogP contribution in [0.15, 0.2) is 58.2 Å². The third kappa shape index (κ3) is 2.33. The van der Waals surface area contributed by atoms with Crippen LogP contribution in [0.25, 0.3) is 11.1 Å². The van der Waals surface area contributed by atoms with Gasteiger partial charge in [0.1, 0.15) is 5.52 Å². The summed E-state index contributed by atoms with van der Waals surface area (Å²) in [4.78, 5) is 4.40. The summed E-state index contributed by atoms with van der Waals surface area (Å²) in [5.74, 6) is 0.850. The minimum Gasteiger partial charge on any atom is -0.431 e. The van der Waals surface area contributed by atoms with Crippen LogP contribution in [-0.4, -0.2) is 4.98 Å². The number of fused-ring (bicyclic) bond motifs is 1. The number of nitrogen functional groups attached to an aromatic ring is 1. The molecule has 0 aliphatic rings. The van der Waals surface area contributed by atoms with Gasteiger partial charge in [0.05, 0.1) is 0 Å². The summed E-state index contributed by atoms with van der Waals surface area (Å²) in [6.07, 6.45) is 0. The average Bonchev–Trinajstić information content (AvgIpc) is 2.79. The van der Waals surface area contributed by atoms with E-state index in [-0.39, 0.29) is 0 Å². The van der Waals surface area contributed by atoms with E-state index in [1.54, 1.807) is 11.8 Å². The van der Waals surface area contributed by atoms with Gasteiger partial charge in [-0.2, -0.15) is 0 Å². The van der Waals surface area contributed by atoms with Gasteiger partial charge in [-0.05, 0) is 23.8 Å². The largest absolute Gasteiger partial charge is 0.431 e. The van der Waals surface area contributed by atoms with Crippen molar-refractivity contribution in [1.82, 2.24) is 4.98 Å². The molecule has 3 aromatic rings. The zero-order valence-corrected chi connectivity index (χ0v) is 10.5. The van der Waals surface area contributed by atoms with Crippen molar-refractivity contribution in [3.05, 3.63) is 54.1 Å². The number of nitrogens with zero attached hydrogens (tertiary/aromatic N) is 1. The van der Waals surface area contributed by atoms with E-state index in [0.717, 1.165) is 16.9 Å². The zero-order valence-electron chi connectivity index (χ0n) is 9.67. The van der Waals surface area contributed by atoms with Gasteiger partial charge in [0.25, 0.3) is 5.22 Å². The number of hydrogen-bond acceptors (Lipinski definition) is 4. The van der Waals surface area contributed by atoms with Crippen molar-refractivity contribution < 1.29 is 4.42 Å². The van der Waals surface area contributed by atoms with Gasteiger partial charge in [0.2, 0.25) is 0 Å². The number of aromatic nitrogens is 1. The van der Waals surface area contributed by atoms with E-state index in [2.05, 4.69) is 17.1 Å². The van der Waals surface area contributed by atoms with Crippen LogP contribution >= 0.6 is 11.8 Å². The molecule has 3 rings (SSSR count). The molecule has 18 heavy (non-hydrogen) atoms. The van der Waals surface area contributed by atoms with Crippen LogP contribution in [0.1, 0.15) is 5.56 Å². The number of benzene rings is 2. The molecule has 0 aliphatic heterocycles. The molecule has 2 aromatic carbocycles. The molecule has 0 spiro atoms. The normalized spacial score (nSPS) is 10.9. The van der Waals surface area contributed by atoms with Crippen LogP contribution in [0.2, 0.25) is 0 Å². The highest BCUT2D eigenvalue weighted by Crippen LogP contribution is 2.27. The Morgan fingerprint density at radius 2 is 1.94 bits per heavy atom. The van der Waals surface area contributed by atoms with E-state index in [1.807, 2.05) is 36.4 Å². The number of hydrogen-bond donors (Lipinski definition) is 1. The second-order valence-electron chi connectivity index (χ2n) is 3.98. The lowest BCUT2D eigenvalue weighted by Gasteiger charge is -1.96. The first-order chi connectivity index (χ1) is 8.81. The average molecular weight is 256 g/mol. The standard InChI is InChI=1S/C14H12N2OS/c15-11-6-7-13-12(8-11)16-14(17-13)18-9-10-4-2-1-3-5-10/h1-8H,9,15H2. The summed E-state index contributed by atoms with van der Waals surface area (Å²) in [6.45, 7) is 0. The fourth-order valence-corrected chi connectivity index (χ4v) is 2.50. The van der Waals surface area contributed by atoms with E-state index < -0.39 is 0 Å². The highest BCUT2D eigenvalue weighted by molar-refractivity contribution is 7.98. The van der Waals surface area contributed by atoms with Gasteiger partial charge in [-0.3, -0.25) is 0 Å². The minimum absolute atomic E-state index is 0.680. The molecule has 2 N–H and O–H groups in total. The van der Waals surface area contributed by atoms with Gasteiger partial charge < -0.3 is 10.2 Å². The van der Waals surface area contributed by atoms with Crippen LogP contribution < -0.4 is 5.73 Å². The highest BCUT2D eigenvalue weighted by atomic mass is 32.2. The van der Waals surface area contributed by atoms with Crippen LogP contribution in [0.5, 0.6) is 0 Å². The monoisotopic (exact) mass is 256 g/mol. The Hall–Kier alpha value is -1.94. The molecule has 0 unspecified atom stereocenters. The first kappa shape index (κ1) is 11.2. The number of oxazole rings is 1. The minimum atomic E-state index is 0.680. The van der Waals surface area contributed by atoms with Gasteiger partial charge in [-0.15, -0.1) is 0 Å². The molecule has 4 heteroatoms. The van der Waals surface area contributed by atoms with E-state index in [1.165, 1.54) is 5.56 Å². The molecule has 0 saturated carbocycles. The Morgan fingerprint density at radius 3 is 2.78 bits per heavy atom. The Morgan fingerprint density at radius 1 is 1.11 bits per heavy atom. The quantitative estimate of drug-likeness (QED) is 0.573. The van der Waals surface area contributed by atoms with E-state index in [4.69, 9.17) is 10.2 Å². The summed E-state index contributed by atoms with van der Waals surface area (Å²) in [5, 5.41) is 0.680. The molecule has 0 bridgehead atoms. The summed E-state index contributed by atoms with van der Waals surface area (Å²) in [7, 11) is 0. The van der Waals surface area contributed by atoms with Crippen LogP contribution in [0.4, 0.5) is 5.69 Å². The predicted molar refractivity (Wildman–Crippen MR) is 74.4 cm³/mol. The second kappa shape index (κ2) is 4.74. The molecule has 1 heterocycles. The Balaban J connectivity index is 1.79. The molecule has 0 radical (unpaired) electrons.